The molecule has 0 spiro atoms. The molecular weight excluding hydrogens is 270 g/mol. The Balaban J connectivity index is 1.95. The van der Waals surface area contributed by atoms with Gasteiger partial charge in [0.2, 0.25) is 5.91 Å². The molecule has 20 heavy (non-hydrogen) atoms. The van der Waals surface area contributed by atoms with E-state index in [1.807, 2.05) is 36.9 Å². The maximum atomic E-state index is 12.2. The second-order valence-electron chi connectivity index (χ2n) is 5.43. The zero-order chi connectivity index (χ0) is 14.7. The highest BCUT2D eigenvalue weighted by molar-refractivity contribution is 8.00. The topological polar surface area (TPSA) is 58.4 Å². The van der Waals surface area contributed by atoms with Crippen LogP contribution in [0.15, 0.2) is 18.2 Å². The molecule has 2 rings (SSSR count). The van der Waals surface area contributed by atoms with E-state index in [1.165, 1.54) is 0 Å². The lowest BCUT2D eigenvalue weighted by Crippen LogP contribution is -2.47. The third-order valence-electron chi connectivity index (χ3n) is 3.84. The highest BCUT2D eigenvalue weighted by Crippen LogP contribution is 2.24. The Kier molecular flexibility index (Phi) is 4.94. The van der Waals surface area contributed by atoms with Crippen molar-refractivity contribution in [3.05, 3.63) is 23.8 Å². The Morgan fingerprint density at radius 1 is 1.50 bits per heavy atom. The van der Waals surface area contributed by atoms with Gasteiger partial charge in [-0.1, -0.05) is 13.0 Å². The van der Waals surface area contributed by atoms with Gasteiger partial charge >= 0.3 is 0 Å². The van der Waals surface area contributed by atoms with Crippen molar-refractivity contribution in [1.29, 1.82) is 0 Å². The fraction of sp³-hybridized carbons (Fsp3) is 0.533. The van der Waals surface area contributed by atoms with Gasteiger partial charge in [0, 0.05) is 23.6 Å². The molecule has 0 radical (unpaired) electrons. The van der Waals surface area contributed by atoms with Crippen molar-refractivity contribution in [2.45, 2.75) is 32.1 Å². The second-order valence-corrected chi connectivity index (χ2v) is 6.91. The number of nitrogens with zero attached hydrogens (tertiary/aromatic N) is 1. The summed E-state index contributed by atoms with van der Waals surface area (Å²) in [5, 5.41) is 3.48. The van der Waals surface area contributed by atoms with Gasteiger partial charge in [-0.2, -0.15) is 11.8 Å². The molecule has 110 valence electrons. The number of rotatable bonds is 3. The van der Waals surface area contributed by atoms with Crippen LogP contribution in [0, 0.1) is 6.92 Å². The molecule has 0 bridgehead atoms. The number of amides is 1. The zero-order valence-electron chi connectivity index (χ0n) is 12.3. The molecule has 0 saturated carbocycles. The van der Waals surface area contributed by atoms with Gasteiger partial charge in [-0.15, -0.1) is 0 Å². The molecule has 1 saturated heterocycles. The lowest BCUT2D eigenvalue weighted by molar-refractivity contribution is -0.117. The summed E-state index contributed by atoms with van der Waals surface area (Å²) in [4.78, 5) is 14.4. The minimum atomic E-state index is 0.00602. The van der Waals surface area contributed by atoms with Crippen LogP contribution in [0.4, 0.5) is 11.4 Å². The standard InChI is InChI=1S/C15H23N3OS/c1-10-4-5-14(13(16)8-10)17-15(19)9-18-6-7-20-12(3)11(18)2/h4-5,8,11-12H,6-7,9,16H2,1-3H3,(H,17,19). The van der Waals surface area contributed by atoms with E-state index in [1.54, 1.807) is 0 Å². The Hall–Kier alpha value is -1.20. The number of carbonyl (C=O) groups excluding carboxylic acids is 1. The van der Waals surface area contributed by atoms with Gasteiger partial charge in [0.1, 0.15) is 0 Å². The van der Waals surface area contributed by atoms with Gasteiger partial charge in [0.25, 0.3) is 0 Å². The SMILES string of the molecule is Cc1ccc(NC(=O)CN2CCSC(C)C2C)c(N)c1. The van der Waals surface area contributed by atoms with E-state index in [9.17, 15) is 4.79 Å². The molecule has 1 aliphatic rings. The normalized spacial score (nSPS) is 23.6. The van der Waals surface area contributed by atoms with Gasteiger partial charge in [0.15, 0.2) is 0 Å². The summed E-state index contributed by atoms with van der Waals surface area (Å²) >= 11 is 1.97. The Bertz CT molecular complexity index is 492. The molecule has 0 aliphatic carbocycles. The van der Waals surface area contributed by atoms with Gasteiger partial charge in [-0.25, -0.2) is 0 Å². The molecule has 3 N–H and O–H groups in total. The molecule has 1 heterocycles. The molecule has 2 atom stereocenters. The Morgan fingerprint density at radius 3 is 2.95 bits per heavy atom. The summed E-state index contributed by atoms with van der Waals surface area (Å²) in [7, 11) is 0. The van der Waals surface area contributed by atoms with Crippen LogP contribution >= 0.6 is 11.8 Å². The number of hydrogen-bond acceptors (Lipinski definition) is 4. The maximum absolute atomic E-state index is 12.2. The quantitative estimate of drug-likeness (QED) is 0.840. The van der Waals surface area contributed by atoms with E-state index in [0.717, 1.165) is 17.9 Å². The lowest BCUT2D eigenvalue weighted by Gasteiger charge is -2.36. The number of nitrogen functional groups attached to an aromatic ring is 1. The average Bonchev–Trinajstić information content (AvgIpc) is 2.38. The van der Waals surface area contributed by atoms with Crippen LogP contribution in [0.5, 0.6) is 0 Å². The number of anilines is 2. The first-order chi connectivity index (χ1) is 9.47. The van der Waals surface area contributed by atoms with E-state index >= 15 is 0 Å². The van der Waals surface area contributed by atoms with Gasteiger partial charge in [-0.05, 0) is 31.5 Å². The maximum Gasteiger partial charge on any atom is 0.238 e. The number of hydrogen-bond donors (Lipinski definition) is 2. The number of carbonyl (C=O) groups is 1. The van der Waals surface area contributed by atoms with Gasteiger partial charge in [0.05, 0.1) is 17.9 Å². The van der Waals surface area contributed by atoms with Crippen LogP contribution in [0.1, 0.15) is 19.4 Å². The van der Waals surface area contributed by atoms with Crippen molar-refractivity contribution in [2.75, 3.05) is 29.9 Å². The van der Waals surface area contributed by atoms with E-state index in [4.69, 9.17) is 5.73 Å². The average molecular weight is 293 g/mol. The number of aryl methyl sites for hydroxylation is 1. The minimum absolute atomic E-state index is 0.00602. The molecule has 1 aromatic carbocycles. The third-order valence-corrected chi connectivity index (χ3v) is 5.18. The van der Waals surface area contributed by atoms with E-state index < -0.39 is 0 Å². The first kappa shape index (κ1) is 15.2. The van der Waals surface area contributed by atoms with E-state index in [0.29, 0.717) is 29.2 Å². The molecule has 5 heteroatoms. The van der Waals surface area contributed by atoms with Crippen LogP contribution in [-0.2, 0) is 4.79 Å². The summed E-state index contributed by atoms with van der Waals surface area (Å²) < 4.78 is 0. The van der Waals surface area contributed by atoms with Crippen molar-refractivity contribution < 1.29 is 4.79 Å². The number of nitrogens with one attached hydrogen (secondary N) is 1. The fourth-order valence-electron chi connectivity index (χ4n) is 2.39. The van der Waals surface area contributed by atoms with Crippen molar-refractivity contribution >= 4 is 29.0 Å². The number of nitrogens with two attached hydrogens (primary N) is 1. The first-order valence-corrected chi connectivity index (χ1v) is 8.04. The molecule has 0 aromatic heterocycles. The molecule has 4 nitrogen and oxygen atoms in total. The van der Waals surface area contributed by atoms with Crippen LogP contribution in [0.2, 0.25) is 0 Å². The van der Waals surface area contributed by atoms with Crippen molar-refractivity contribution in [1.82, 2.24) is 4.90 Å². The van der Waals surface area contributed by atoms with Crippen LogP contribution < -0.4 is 11.1 Å². The molecule has 1 aromatic rings. The summed E-state index contributed by atoms with van der Waals surface area (Å²) in [5.74, 6) is 1.09. The van der Waals surface area contributed by atoms with Crippen molar-refractivity contribution in [2.24, 2.45) is 0 Å². The number of thioether (sulfide) groups is 1. The lowest BCUT2D eigenvalue weighted by atomic mass is 10.2. The van der Waals surface area contributed by atoms with Gasteiger partial charge < -0.3 is 11.1 Å². The Morgan fingerprint density at radius 2 is 2.25 bits per heavy atom. The van der Waals surface area contributed by atoms with Crippen LogP contribution in [-0.4, -0.2) is 40.9 Å². The summed E-state index contributed by atoms with van der Waals surface area (Å²) in [6.07, 6.45) is 0. The molecule has 1 aliphatic heterocycles. The van der Waals surface area contributed by atoms with Gasteiger partial charge in [-0.3, -0.25) is 9.69 Å². The summed E-state index contributed by atoms with van der Waals surface area (Å²) in [6, 6.07) is 6.11. The van der Waals surface area contributed by atoms with Crippen molar-refractivity contribution in [3.8, 4) is 0 Å². The highest BCUT2D eigenvalue weighted by Gasteiger charge is 2.26. The van der Waals surface area contributed by atoms with E-state index in [-0.39, 0.29) is 5.91 Å². The Labute approximate surface area is 125 Å². The second kappa shape index (κ2) is 6.50. The fourth-order valence-corrected chi connectivity index (χ4v) is 3.55. The smallest absolute Gasteiger partial charge is 0.238 e. The zero-order valence-corrected chi connectivity index (χ0v) is 13.2. The monoisotopic (exact) mass is 293 g/mol. The van der Waals surface area contributed by atoms with Crippen LogP contribution in [0.25, 0.3) is 0 Å². The van der Waals surface area contributed by atoms with Crippen molar-refractivity contribution in [3.63, 3.8) is 0 Å². The predicted molar refractivity (Wildman–Crippen MR) is 87.2 cm³/mol. The summed E-state index contributed by atoms with van der Waals surface area (Å²) in [6.45, 7) is 7.78. The predicted octanol–water partition coefficient (Wildman–Crippen LogP) is 2.34. The van der Waals surface area contributed by atoms with Crippen LogP contribution in [0.3, 0.4) is 0 Å². The molecule has 1 amide bonds. The molecule has 2 unspecified atom stereocenters. The highest BCUT2D eigenvalue weighted by atomic mass is 32.2. The largest absolute Gasteiger partial charge is 0.397 e. The minimum Gasteiger partial charge on any atom is -0.397 e. The third kappa shape index (κ3) is 3.67. The first-order valence-electron chi connectivity index (χ1n) is 6.99. The van der Waals surface area contributed by atoms with E-state index in [2.05, 4.69) is 24.1 Å². The molecular formula is C15H23N3OS. The summed E-state index contributed by atoms with van der Waals surface area (Å²) in [5.41, 5.74) is 8.34. The molecule has 1 fully saturated rings. The number of benzene rings is 1.